The highest BCUT2D eigenvalue weighted by Gasteiger charge is 2.02. The molecule has 0 fully saturated rings. The minimum Gasteiger partial charge on any atom is -0.396 e. The summed E-state index contributed by atoms with van der Waals surface area (Å²) in [6, 6.07) is 6.43. The summed E-state index contributed by atoms with van der Waals surface area (Å²) < 4.78 is 0. The zero-order valence-electron chi connectivity index (χ0n) is 8.51. The molecule has 1 heteroatoms. The highest BCUT2D eigenvalue weighted by Crippen LogP contribution is 2.16. The quantitative estimate of drug-likeness (QED) is 0.751. The van der Waals surface area contributed by atoms with E-state index in [4.69, 9.17) is 5.11 Å². The molecule has 0 spiro atoms. The molecular weight excluding hydrogens is 160 g/mol. The first-order chi connectivity index (χ1) is 6.29. The Labute approximate surface area is 80.4 Å². The molecule has 1 nitrogen and oxygen atoms in total. The molecular formula is C12H18O. The highest BCUT2D eigenvalue weighted by atomic mass is 16.2. The number of aliphatic hydroxyl groups excluding tert-OH is 1. The van der Waals surface area contributed by atoms with E-state index >= 15 is 0 Å². The molecule has 0 unspecified atom stereocenters. The second-order valence-corrected chi connectivity index (χ2v) is 3.39. The van der Waals surface area contributed by atoms with Gasteiger partial charge in [0.15, 0.2) is 0 Å². The molecule has 0 bridgehead atoms. The van der Waals surface area contributed by atoms with Crippen molar-refractivity contribution >= 4 is 0 Å². The molecule has 0 heterocycles. The fourth-order valence-corrected chi connectivity index (χ4v) is 1.71. The first kappa shape index (κ1) is 10.3. The van der Waals surface area contributed by atoms with E-state index in [1.54, 1.807) is 0 Å². The summed E-state index contributed by atoms with van der Waals surface area (Å²) in [5, 5.41) is 8.78. The molecule has 0 saturated heterocycles. The van der Waals surface area contributed by atoms with Gasteiger partial charge in [-0.25, -0.2) is 0 Å². The summed E-state index contributed by atoms with van der Waals surface area (Å²) in [6.07, 6.45) is 2.96. The first-order valence-electron chi connectivity index (χ1n) is 4.97. The molecule has 0 aliphatic rings. The molecule has 0 saturated carbocycles. The third kappa shape index (κ3) is 2.56. The van der Waals surface area contributed by atoms with Crippen LogP contribution in [-0.4, -0.2) is 11.7 Å². The normalized spacial score (nSPS) is 10.4. The van der Waals surface area contributed by atoms with Gasteiger partial charge in [-0.05, 0) is 42.9 Å². The van der Waals surface area contributed by atoms with Crippen molar-refractivity contribution in [3.63, 3.8) is 0 Å². The van der Waals surface area contributed by atoms with Crippen LogP contribution < -0.4 is 0 Å². The molecule has 0 aliphatic carbocycles. The molecule has 0 amide bonds. The van der Waals surface area contributed by atoms with Crippen molar-refractivity contribution in [1.82, 2.24) is 0 Å². The van der Waals surface area contributed by atoms with E-state index in [2.05, 4.69) is 32.0 Å². The van der Waals surface area contributed by atoms with Crippen LogP contribution in [0.15, 0.2) is 18.2 Å². The van der Waals surface area contributed by atoms with Crippen molar-refractivity contribution in [1.29, 1.82) is 0 Å². The SMILES string of the molecule is CCc1cccc(C)c1CCCO. The van der Waals surface area contributed by atoms with Gasteiger partial charge in [-0.2, -0.15) is 0 Å². The van der Waals surface area contributed by atoms with Crippen molar-refractivity contribution in [3.8, 4) is 0 Å². The zero-order chi connectivity index (χ0) is 9.68. The van der Waals surface area contributed by atoms with E-state index in [0.717, 1.165) is 19.3 Å². The summed E-state index contributed by atoms with van der Waals surface area (Å²) in [5.41, 5.74) is 4.21. The van der Waals surface area contributed by atoms with Gasteiger partial charge in [-0.1, -0.05) is 25.1 Å². The Morgan fingerprint density at radius 1 is 1.31 bits per heavy atom. The van der Waals surface area contributed by atoms with Crippen LogP contribution in [0.25, 0.3) is 0 Å². The molecule has 72 valence electrons. The van der Waals surface area contributed by atoms with Gasteiger partial charge in [0.05, 0.1) is 0 Å². The Morgan fingerprint density at radius 2 is 2.08 bits per heavy atom. The van der Waals surface area contributed by atoms with E-state index in [1.165, 1.54) is 16.7 Å². The van der Waals surface area contributed by atoms with Gasteiger partial charge in [0.1, 0.15) is 0 Å². The van der Waals surface area contributed by atoms with Crippen LogP contribution in [0.2, 0.25) is 0 Å². The van der Waals surface area contributed by atoms with Crippen molar-refractivity contribution in [2.24, 2.45) is 0 Å². The predicted octanol–water partition coefficient (Wildman–Crippen LogP) is 2.48. The third-order valence-electron chi connectivity index (χ3n) is 2.47. The smallest absolute Gasteiger partial charge is 0.0434 e. The Kier molecular flexibility index (Phi) is 3.97. The number of aliphatic hydroxyl groups is 1. The molecule has 1 rings (SSSR count). The minimum atomic E-state index is 0.289. The molecule has 0 aliphatic heterocycles. The van der Waals surface area contributed by atoms with Gasteiger partial charge < -0.3 is 5.11 Å². The standard InChI is InChI=1S/C12H18O/c1-3-11-7-4-6-10(2)12(11)8-5-9-13/h4,6-7,13H,3,5,8-9H2,1-2H3. The lowest BCUT2D eigenvalue weighted by Crippen LogP contribution is -1.98. The fourth-order valence-electron chi connectivity index (χ4n) is 1.71. The Balaban J connectivity index is 2.87. The monoisotopic (exact) mass is 178 g/mol. The Bertz CT molecular complexity index is 266. The Hall–Kier alpha value is -0.820. The van der Waals surface area contributed by atoms with Crippen LogP contribution >= 0.6 is 0 Å². The molecule has 13 heavy (non-hydrogen) atoms. The average Bonchev–Trinajstić information content (AvgIpc) is 2.15. The summed E-state index contributed by atoms with van der Waals surface area (Å²) in [6.45, 7) is 4.61. The first-order valence-corrected chi connectivity index (χ1v) is 4.97. The minimum absolute atomic E-state index is 0.289. The molecule has 0 radical (unpaired) electrons. The van der Waals surface area contributed by atoms with Gasteiger partial charge in [-0.15, -0.1) is 0 Å². The lowest BCUT2D eigenvalue weighted by atomic mass is 9.96. The van der Waals surface area contributed by atoms with Gasteiger partial charge in [-0.3, -0.25) is 0 Å². The highest BCUT2D eigenvalue weighted by molar-refractivity contribution is 5.34. The molecule has 0 atom stereocenters. The number of benzene rings is 1. The summed E-state index contributed by atoms with van der Waals surface area (Å²) in [5.74, 6) is 0. The summed E-state index contributed by atoms with van der Waals surface area (Å²) >= 11 is 0. The van der Waals surface area contributed by atoms with Crippen molar-refractivity contribution in [2.45, 2.75) is 33.1 Å². The van der Waals surface area contributed by atoms with E-state index < -0.39 is 0 Å². The van der Waals surface area contributed by atoms with Crippen molar-refractivity contribution in [3.05, 3.63) is 34.9 Å². The molecule has 1 aromatic rings. The van der Waals surface area contributed by atoms with Crippen LogP contribution in [0, 0.1) is 6.92 Å². The number of hydrogen-bond acceptors (Lipinski definition) is 1. The number of aryl methyl sites for hydroxylation is 2. The predicted molar refractivity (Wildman–Crippen MR) is 56.0 cm³/mol. The molecule has 1 N–H and O–H groups in total. The molecule has 1 aromatic carbocycles. The second-order valence-electron chi connectivity index (χ2n) is 3.39. The topological polar surface area (TPSA) is 20.2 Å². The van der Waals surface area contributed by atoms with Crippen molar-refractivity contribution in [2.75, 3.05) is 6.61 Å². The third-order valence-corrected chi connectivity index (χ3v) is 2.47. The van der Waals surface area contributed by atoms with E-state index in [9.17, 15) is 0 Å². The van der Waals surface area contributed by atoms with Gasteiger partial charge in [0.25, 0.3) is 0 Å². The number of hydrogen-bond donors (Lipinski definition) is 1. The lowest BCUT2D eigenvalue weighted by molar-refractivity contribution is 0.288. The van der Waals surface area contributed by atoms with Crippen LogP contribution in [0.1, 0.15) is 30.0 Å². The maximum absolute atomic E-state index is 8.78. The van der Waals surface area contributed by atoms with Crippen LogP contribution in [0.4, 0.5) is 0 Å². The van der Waals surface area contributed by atoms with Gasteiger partial charge >= 0.3 is 0 Å². The van der Waals surface area contributed by atoms with Gasteiger partial charge in [0.2, 0.25) is 0 Å². The maximum atomic E-state index is 8.78. The largest absolute Gasteiger partial charge is 0.396 e. The number of rotatable bonds is 4. The maximum Gasteiger partial charge on any atom is 0.0434 e. The Morgan fingerprint density at radius 3 is 2.69 bits per heavy atom. The van der Waals surface area contributed by atoms with E-state index in [-0.39, 0.29) is 6.61 Å². The summed E-state index contributed by atoms with van der Waals surface area (Å²) in [7, 11) is 0. The lowest BCUT2D eigenvalue weighted by Gasteiger charge is -2.10. The second kappa shape index (κ2) is 5.03. The van der Waals surface area contributed by atoms with E-state index in [1.807, 2.05) is 0 Å². The molecule has 0 aromatic heterocycles. The van der Waals surface area contributed by atoms with Crippen LogP contribution in [-0.2, 0) is 12.8 Å². The summed E-state index contributed by atoms with van der Waals surface area (Å²) in [4.78, 5) is 0. The van der Waals surface area contributed by atoms with Gasteiger partial charge in [0, 0.05) is 6.61 Å². The van der Waals surface area contributed by atoms with Crippen molar-refractivity contribution < 1.29 is 5.11 Å². The van der Waals surface area contributed by atoms with Crippen LogP contribution in [0.5, 0.6) is 0 Å². The average molecular weight is 178 g/mol. The fraction of sp³-hybridized carbons (Fsp3) is 0.500. The van der Waals surface area contributed by atoms with E-state index in [0.29, 0.717) is 0 Å². The van der Waals surface area contributed by atoms with Crippen LogP contribution in [0.3, 0.4) is 0 Å². The zero-order valence-corrected chi connectivity index (χ0v) is 8.51.